The van der Waals surface area contributed by atoms with E-state index in [2.05, 4.69) is 5.32 Å². The minimum absolute atomic E-state index is 0.199. The number of hydrogen-bond acceptors (Lipinski definition) is 4. The summed E-state index contributed by atoms with van der Waals surface area (Å²) < 4.78 is 13.1. The van der Waals surface area contributed by atoms with Crippen molar-refractivity contribution in [3.8, 4) is 28.4 Å². The number of nitrogens with one attached hydrogen (secondary N) is 1. The molecule has 0 bridgehead atoms. The molecule has 2 heterocycles. The summed E-state index contributed by atoms with van der Waals surface area (Å²) in [6, 6.07) is 25.2. The van der Waals surface area contributed by atoms with Crippen molar-refractivity contribution in [2.24, 2.45) is 0 Å². The fourth-order valence-corrected chi connectivity index (χ4v) is 3.61. The highest BCUT2D eigenvalue weighted by molar-refractivity contribution is 5.99. The maximum atomic E-state index is 13.2. The van der Waals surface area contributed by atoms with Crippen molar-refractivity contribution in [2.45, 2.75) is 6.54 Å². The lowest BCUT2D eigenvalue weighted by Gasteiger charge is -2.21. The summed E-state index contributed by atoms with van der Waals surface area (Å²) in [7, 11) is 0. The van der Waals surface area contributed by atoms with Crippen LogP contribution in [-0.2, 0) is 6.54 Å². The Bertz CT molecular complexity index is 1200. The van der Waals surface area contributed by atoms with E-state index in [0.29, 0.717) is 42.5 Å². The van der Waals surface area contributed by atoms with Gasteiger partial charge in [-0.3, -0.25) is 4.79 Å². The van der Waals surface area contributed by atoms with Crippen LogP contribution in [0.2, 0.25) is 0 Å². The predicted octanol–water partition coefficient (Wildman–Crippen LogP) is 4.24. The first-order chi connectivity index (χ1) is 15.3. The fraction of sp³-hybridized carbons (Fsp3) is 0.120. The zero-order valence-corrected chi connectivity index (χ0v) is 16.8. The molecule has 5 rings (SSSR count). The highest BCUT2D eigenvalue weighted by atomic mass is 16.6. The number of nitrogens with zero attached hydrogens (tertiary/aromatic N) is 2. The molecule has 1 amide bonds. The maximum absolute atomic E-state index is 13.2. The van der Waals surface area contributed by atoms with Crippen molar-refractivity contribution in [1.29, 1.82) is 0 Å². The third-order valence-electron chi connectivity index (χ3n) is 5.11. The van der Waals surface area contributed by atoms with Gasteiger partial charge in [-0.05, 0) is 18.2 Å². The maximum Gasteiger partial charge on any atom is 0.255 e. The zero-order chi connectivity index (χ0) is 21.0. The highest BCUT2D eigenvalue weighted by Gasteiger charge is 2.20. The topological polar surface area (TPSA) is 65.4 Å². The van der Waals surface area contributed by atoms with Crippen LogP contribution >= 0.6 is 0 Å². The van der Waals surface area contributed by atoms with E-state index in [4.69, 9.17) is 14.6 Å². The molecule has 0 aliphatic carbocycles. The Hall–Kier alpha value is -4.06. The van der Waals surface area contributed by atoms with Crippen molar-refractivity contribution < 1.29 is 14.3 Å². The monoisotopic (exact) mass is 411 g/mol. The van der Waals surface area contributed by atoms with Gasteiger partial charge in [0.05, 0.1) is 11.3 Å². The van der Waals surface area contributed by atoms with Crippen molar-refractivity contribution in [2.75, 3.05) is 13.2 Å². The second-order valence-electron chi connectivity index (χ2n) is 7.16. The van der Waals surface area contributed by atoms with Crippen molar-refractivity contribution in [3.63, 3.8) is 0 Å². The van der Waals surface area contributed by atoms with Crippen LogP contribution in [0, 0.1) is 0 Å². The van der Waals surface area contributed by atoms with Crippen molar-refractivity contribution in [1.82, 2.24) is 15.1 Å². The zero-order valence-electron chi connectivity index (χ0n) is 16.8. The van der Waals surface area contributed by atoms with E-state index in [9.17, 15) is 4.79 Å². The summed E-state index contributed by atoms with van der Waals surface area (Å²) in [6.07, 6.45) is 1.77. The standard InChI is InChI=1S/C25H21N3O3/c29-25(26-16-19-10-7-13-22-24(19)31-15-14-30-22)21-17-28(20-11-5-2-6-12-20)27-23(21)18-8-3-1-4-9-18/h1-13,17H,14-16H2,(H,26,29). The molecule has 4 aromatic rings. The Morgan fingerprint density at radius 1 is 0.903 bits per heavy atom. The van der Waals surface area contributed by atoms with E-state index in [1.165, 1.54) is 0 Å². The molecule has 0 radical (unpaired) electrons. The molecule has 3 aromatic carbocycles. The highest BCUT2D eigenvalue weighted by Crippen LogP contribution is 2.33. The minimum atomic E-state index is -0.199. The van der Waals surface area contributed by atoms with Crippen molar-refractivity contribution in [3.05, 3.63) is 96.2 Å². The summed E-state index contributed by atoms with van der Waals surface area (Å²) in [6.45, 7) is 1.36. The van der Waals surface area contributed by atoms with E-state index >= 15 is 0 Å². The molecule has 1 aromatic heterocycles. The largest absolute Gasteiger partial charge is 0.486 e. The number of fused-ring (bicyclic) bond motifs is 1. The van der Waals surface area contributed by atoms with Gasteiger partial charge in [-0.15, -0.1) is 0 Å². The summed E-state index contributed by atoms with van der Waals surface area (Å²) in [5.41, 5.74) is 3.80. The fourth-order valence-electron chi connectivity index (χ4n) is 3.61. The molecule has 1 aliphatic heterocycles. The molecular weight excluding hydrogens is 390 g/mol. The first-order valence-electron chi connectivity index (χ1n) is 10.2. The average molecular weight is 411 g/mol. The molecule has 0 fully saturated rings. The lowest BCUT2D eigenvalue weighted by atomic mass is 10.1. The Labute approximate surface area is 180 Å². The molecule has 0 saturated heterocycles. The lowest BCUT2D eigenvalue weighted by molar-refractivity contribution is 0.0950. The summed E-state index contributed by atoms with van der Waals surface area (Å²) >= 11 is 0. The minimum Gasteiger partial charge on any atom is -0.486 e. The van der Waals surface area contributed by atoms with Gasteiger partial charge in [0.15, 0.2) is 11.5 Å². The van der Waals surface area contributed by atoms with Crippen LogP contribution < -0.4 is 14.8 Å². The van der Waals surface area contributed by atoms with Crippen LogP contribution in [0.4, 0.5) is 0 Å². The molecule has 6 nitrogen and oxygen atoms in total. The van der Waals surface area contributed by atoms with Crippen LogP contribution in [0.25, 0.3) is 16.9 Å². The molecular formula is C25H21N3O3. The number of carbonyl (C=O) groups is 1. The third-order valence-corrected chi connectivity index (χ3v) is 5.11. The number of carbonyl (C=O) groups excluding carboxylic acids is 1. The van der Waals surface area contributed by atoms with Gasteiger partial charge in [-0.2, -0.15) is 5.10 Å². The Morgan fingerprint density at radius 2 is 1.65 bits per heavy atom. The number of hydrogen-bond donors (Lipinski definition) is 1. The number of benzene rings is 3. The van der Waals surface area contributed by atoms with E-state index in [1.54, 1.807) is 10.9 Å². The first kappa shape index (κ1) is 18.9. The molecule has 1 N–H and O–H groups in total. The lowest BCUT2D eigenvalue weighted by Crippen LogP contribution is -2.24. The smallest absolute Gasteiger partial charge is 0.255 e. The molecule has 154 valence electrons. The quantitative estimate of drug-likeness (QED) is 0.534. The normalized spacial score (nSPS) is 12.4. The molecule has 0 saturated carbocycles. The SMILES string of the molecule is O=C(NCc1cccc2c1OCCO2)c1cn(-c2ccccc2)nc1-c1ccccc1. The van der Waals surface area contributed by atoms with Crippen LogP contribution in [0.3, 0.4) is 0 Å². The van der Waals surface area contributed by atoms with Crippen molar-refractivity contribution >= 4 is 5.91 Å². The van der Waals surface area contributed by atoms with Crippen LogP contribution in [0.1, 0.15) is 15.9 Å². The van der Waals surface area contributed by atoms with Gasteiger partial charge >= 0.3 is 0 Å². The summed E-state index contributed by atoms with van der Waals surface area (Å²) in [5.74, 6) is 1.20. The van der Waals surface area contributed by atoms with Crippen LogP contribution in [-0.4, -0.2) is 28.9 Å². The van der Waals surface area contributed by atoms with E-state index in [1.807, 2.05) is 78.9 Å². The molecule has 0 spiro atoms. The summed E-state index contributed by atoms with van der Waals surface area (Å²) in [4.78, 5) is 13.2. The van der Waals surface area contributed by atoms with Gasteiger partial charge < -0.3 is 14.8 Å². The Morgan fingerprint density at radius 3 is 2.45 bits per heavy atom. The first-order valence-corrected chi connectivity index (χ1v) is 10.2. The molecule has 1 aliphatic rings. The number of aromatic nitrogens is 2. The second-order valence-corrected chi connectivity index (χ2v) is 7.16. The number of rotatable bonds is 5. The van der Waals surface area contributed by atoms with Crippen LogP contribution in [0.15, 0.2) is 85.1 Å². The van der Waals surface area contributed by atoms with Gasteiger partial charge in [0.2, 0.25) is 0 Å². The average Bonchev–Trinajstić information content (AvgIpc) is 3.29. The number of ether oxygens (including phenoxy) is 2. The molecule has 31 heavy (non-hydrogen) atoms. The Balaban J connectivity index is 1.45. The third kappa shape index (κ3) is 3.88. The molecule has 0 unspecified atom stereocenters. The number of para-hydroxylation sites is 2. The Kier molecular flexibility index (Phi) is 5.10. The van der Waals surface area contributed by atoms with Gasteiger partial charge in [0, 0.05) is 23.9 Å². The van der Waals surface area contributed by atoms with Gasteiger partial charge in [0.1, 0.15) is 18.9 Å². The molecule has 0 atom stereocenters. The predicted molar refractivity (Wildman–Crippen MR) is 118 cm³/mol. The second kappa shape index (κ2) is 8.36. The van der Waals surface area contributed by atoms with Gasteiger partial charge in [-0.1, -0.05) is 60.7 Å². The molecule has 6 heteroatoms. The summed E-state index contributed by atoms with van der Waals surface area (Å²) in [5, 5.41) is 7.72. The van der Waals surface area contributed by atoms with E-state index in [0.717, 1.165) is 16.8 Å². The van der Waals surface area contributed by atoms with E-state index in [-0.39, 0.29) is 5.91 Å². The van der Waals surface area contributed by atoms with Gasteiger partial charge in [0.25, 0.3) is 5.91 Å². The number of amides is 1. The van der Waals surface area contributed by atoms with E-state index < -0.39 is 0 Å². The van der Waals surface area contributed by atoms with Crippen LogP contribution in [0.5, 0.6) is 11.5 Å². The van der Waals surface area contributed by atoms with Gasteiger partial charge in [-0.25, -0.2) is 4.68 Å².